The first-order chi connectivity index (χ1) is 8.01. The third-order valence-corrected chi connectivity index (χ3v) is 1.93. The van der Waals surface area contributed by atoms with Gasteiger partial charge in [0.2, 0.25) is 0 Å². The molecule has 7 nitrogen and oxygen atoms in total. The average molecular weight is 236 g/mol. The van der Waals surface area contributed by atoms with Crippen LogP contribution in [0.25, 0.3) is 0 Å². The summed E-state index contributed by atoms with van der Waals surface area (Å²) in [6, 6.07) is 3.35. The quantitative estimate of drug-likeness (QED) is 0.481. The number of rotatable bonds is 3. The van der Waals surface area contributed by atoms with E-state index in [0.717, 1.165) is 12.1 Å². The first-order valence-corrected chi connectivity index (χ1v) is 4.59. The molecule has 1 N–H and O–H groups in total. The average Bonchev–Trinajstić information content (AvgIpc) is 2.28. The van der Waals surface area contributed by atoms with Gasteiger partial charge in [0, 0.05) is 12.1 Å². The molecule has 0 bridgehead atoms. The van der Waals surface area contributed by atoms with Gasteiger partial charge in [0.15, 0.2) is 5.75 Å². The third-order valence-electron chi connectivity index (χ3n) is 1.93. The van der Waals surface area contributed by atoms with Crippen molar-refractivity contribution in [2.24, 2.45) is 0 Å². The molecule has 1 aromatic carbocycles. The monoisotopic (exact) mass is 236 g/mol. The molecule has 0 radical (unpaired) electrons. The van der Waals surface area contributed by atoms with Crippen LogP contribution in [0.2, 0.25) is 0 Å². The van der Waals surface area contributed by atoms with Gasteiger partial charge < -0.3 is 9.84 Å². The normalized spacial score (nSPS) is 9.41. The van der Waals surface area contributed by atoms with Gasteiger partial charge in [-0.15, -0.1) is 0 Å². The number of aromatic hydroxyl groups is 1. The van der Waals surface area contributed by atoms with Crippen LogP contribution in [0.3, 0.4) is 0 Å². The number of ether oxygens (including phenoxy) is 1. The maximum Gasteiger partial charge on any atom is 0.339 e. The number of nitro groups is 1. The van der Waals surface area contributed by atoms with Gasteiger partial charge in [-0.2, -0.15) is 5.26 Å². The standard InChI is InChI=1S/C10H8N2O5/c1-2-17-10(14)7-4-8(12(15)16)9(13)3-6(7)5-11/h3-4,13H,2H2,1H3. The molecule has 17 heavy (non-hydrogen) atoms. The zero-order valence-corrected chi connectivity index (χ0v) is 8.84. The summed E-state index contributed by atoms with van der Waals surface area (Å²) in [5.74, 6) is -1.51. The maximum atomic E-state index is 11.4. The molecule has 0 amide bonds. The molecule has 0 fully saturated rings. The Morgan fingerprint density at radius 1 is 1.65 bits per heavy atom. The van der Waals surface area contributed by atoms with Crippen LogP contribution in [0.4, 0.5) is 5.69 Å². The molecule has 0 unspecified atom stereocenters. The second kappa shape index (κ2) is 4.94. The van der Waals surface area contributed by atoms with Gasteiger partial charge in [0.1, 0.15) is 6.07 Å². The number of carbonyl (C=O) groups excluding carboxylic acids is 1. The van der Waals surface area contributed by atoms with Crippen molar-refractivity contribution in [3.05, 3.63) is 33.4 Å². The molecule has 88 valence electrons. The predicted molar refractivity (Wildman–Crippen MR) is 55.4 cm³/mol. The van der Waals surface area contributed by atoms with Crippen LogP contribution in [0.5, 0.6) is 5.75 Å². The van der Waals surface area contributed by atoms with Crippen molar-refractivity contribution in [2.75, 3.05) is 6.61 Å². The molecule has 0 atom stereocenters. The van der Waals surface area contributed by atoms with E-state index in [2.05, 4.69) is 4.74 Å². The molecule has 7 heteroatoms. The Labute approximate surface area is 96.0 Å². The minimum atomic E-state index is -0.848. The van der Waals surface area contributed by atoms with E-state index >= 15 is 0 Å². The molecule has 0 aromatic heterocycles. The highest BCUT2D eigenvalue weighted by atomic mass is 16.6. The minimum Gasteiger partial charge on any atom is -0.502 e. The van der Waals surface area contributed by atoms with Gasteiger partial charge >= 0.3 is 11.7 Å². The van der Waals surface area contributed by atoms with Crippen molar-refractivity contribution >= 4 is 11.7 Å². The van der Waals surface area contributed by atoms with Gasteiger partial charge in [0.25, 0.3) is 0 Å². The zero-order valence-electron chi connectivity index (χ0n) is 8.84. The summed E-state index contributed by atoms with van der Waals surface area (Å²) in [7, 11) is 0. The lowest BCUT2D eigenvalue weighted by molar-refractivity contribution is -0.385. The van der Waals surface area contributed by atoms with Crippen molar-refractivity contribution < 1.29 is 19.6 Å². The second-order valence-corrected chi connectivity index (χ2v) is 2.98. The number of nitriles is 1. The molecule has 0 aliphatic rings. The maximum absolute atomic E-state index is 11.4. The number of esters is 1. The molecular weight excluding hydrogens is 228 g/mol. The van der Waals surface area contributed by atoms with Gasteiger partial charge in [0.05, 0.1) is 22.7 Å². The predicted octanol–water partition coefficient (Wildman–Crippen LogP) is 1.35. The van der Waals surface area contributed by atoms with E-state index in [-0.39, 0.29) is 17.7 Å². The highest BCUT2D eigenvalue weighted by molar-refractivity contribution is 5.93. The summed E-state index contributed by atoms with van der Waals surface area (Å²) in [4.78, 5) is 21.1. The third kappa shape index (κ3) is 2.49. The van der Waals surface area contributed by atoms with E-state index in [4.69, 9.17) is 5.26 Å². The van der Waals surface area contributed by atoms with Crippen molar-refractivity contribution in [2.45, 2.75) is 6.92 Å². The topological polar surface area (TPSA) is 113 Å². The van der Waals surface area contributed by atoms with E-state index in [9.17, 15) is 20.0 Å². The SMILES string of the molecule is CCOC(=O)c1cc([N+](=O)[O-])c(O)cc1C#N. The van der Waals surface area contributed by atoms with Crippen LogP contribution in [0.1, 0.15) is 22.8 Å². The number of benzene rings is 1. The fourth-order valence-corrected chi connectivity index (χ4v) is 1.19. The second-order valence-electron chi connectivity index (χ2n) is 2.98. The van der Waals surface area contributed by atoms with E-state index < -0.39 is 22.3 Å². The molecule has 0 aliphatic heterocycles. The summed E-state index contributed by atoms with van der Waals surface area (Å²) in [5.41, 5.74) is -1.06. The summed E-state index contributed by atoms with van der Waals surface area (Å²) in [6.07, 6.45) is 0. The summed E-state index contributed by atoms with van der Waals surface area (Å²) in [6.45, 7) is 1.65. The fraction of sp³-hybridized carbons (Fsp3) is 0.200. The highest BCUT2D eigenvalue weighted by Crippen LogP contribution is 2.29. The zero-order chi connectivity index (χ0) is 13.0. The lowest BCUT2D eigenvalue weighted by Gasteiger charge is -2.04. The lowest BCUT2D eigenvalue weighted by Crippen LogP contribution is -2.07. The number of hydrogen-bond acceptors (Lipinski definition) is 6. The highest BCUT2D eigenvalue weighted by Gasteiger charge is 2.22. The Morgan fingerprint density at radius 3 is 2.76 bits per heavy atom. The van der Waals surface area contributed by atoms with Crippen molar-refractivity contribution in [1.29, 1.82) is 5.26 Å². The van der Waals surface area contributed by atoms with Crippen LogP contribution in [0.15, 0.2) is 12.1 Å². The number of phenolic OH excluding ortho intramolecular Hbond substituents is 1. The van der Waals surface area contributed by atoms with Crippen LogP contribution >= 0.6 is 0 Å². The van der Waals surface area contributed by atoms with Crippen molar-refractivity contribution in [3.8, 4) is 11.8 Å². The smallest absolute Gasteiger partial charge is 0.339 e. The fourth-order valence-electron chi connectivity index (χ4n) is 1.19. The van der Waals surface area contributed by atoms with E-state index in [1.54, 1.807) is 13.0 Å². The Bertz CT molecular complexity index is 518. The van der Waals surface area contributed by atoms with Crippen LogP contribution in [-0.4, -0.2) is 22.6 Å². The Hall–Kier alpha value is -2.62. The first kappa shape index (κ1) is 12.4. The molecule has 0 aliphatic carbocycles. The summed E-state index contributed by atoms with van der Waals surface area (Å²) >= 11 is 0. The Morgan fingerprint density at radius 2 is 2.29 bits per heavy atom. The van der Waals surface area contributed by atoms with Crippen molar-refractivity contribution in [3.63, 3.8) is 0 Å². The van der Waals surface area contributed by atoms with E-state index in [1.807, 2.05) is 0 Å². The Kier molecular flexibility index (Phi) is 3.62. The Balaban J connectivity index is 3.37. The summed E-state index contributed by atoms with van der Waals surface area (Å²) < 4.78 is 4.65. The molecule has 1 rings (SSSR count). The summed E-state index contributed by atoms with van der Waals surface area (Å²) in [5, 5.41) is 28.6. The number of hydrogen-bond donors (Lipinski definition) is 1. The largest absolute Gasteiger partial charge is 0.502 e. The van der Waals surface area contributed by atoms with Crippen LogP contribution in [-0.2, 0) is 4.74 Å². The number of phenols is 1. The number of carbonyl (C=O) groups is 1. The van der Waals surface area contributed by atoms with Gasteiger partial charge in [-0.3, -0.25) is 10.1 Å². The molecule has 0 heterocycles. The van der Waals surface area contributed by atoms with Gasteiger partial charge in [-0.1, -0.05) is 0 Å². The van der Waals surface area contributed by atoms with Crippen molar-refractivity contribution in [1.82, 2.24) is 0 Å². The van der Waals surface area contributed by atoms with E-state index in [0.29, 0.717) is 0 Å². The van der Waals surface area contributed by atoms with Crippen LogP contribution in [0, 0.1) is 21.4 Å². The molecule has 0 spiro atoms. The lowest BCUT2D eigenvalue weighted by atomic mass is 10.1. The molecular formula is C10H8N2O5. The van der Waals surface area contributed by atoms with E-state index in [1.165, 1.54) is 0 Å². The minimum absolute atomic E-state index is 0.0817. The number of nitro benzene ring substituents is 1. The first-order valence-electron chi connectivity index (χ1n) is 4.59. The molecule has 0 saturated carbocycles. The van der Waals surface area contributed by atoms with Crippen LogP contribution < -0.4 is 0 Å². The van der Waals surface area contributed by atoms with Gasteiger partial charge in [-0.25, -0.2) is 4.79 Å². The van der Waals surface area contributed by atoms with Gasteiger partial charge in [-0.05, 0) is 6.92 Å². The molecule has 0 saturated heterocycles. The number of nitrogens with zero attached hydrogens (tertiary/aromatic N) is 2. The molecule has 1 aromatic rings.